The van der Waals surface area contributed by atoms with Gasteiger partial charge >= 0.3 is 11.9 Å². The summed E-state index contributed by atoms with van der Waals surface area (Å²) in [6.07, 6.45) is 27.4. The topological polar surface area (TPSA) is 124 Å². The summed E-state index contributed by atoms with van der Waals surface area (Å²) in [4.78, 5) is 48.5. The van der Waals surface area contributed by atoms with Gasteiger partial charge in [-0.3, -0.25) is 14.4 Å². The second kappa shape index (κ2) is 33.1. The van der Waals surface area contributed by atoms with Crippen molar-refractivity contribution >= 4 is 35.5 Å². The van der Waals surface area contributed by atoms with Gasteiger partial charge in [0.2, 0.25) is 11.8 Å². The molecule has 0 saturated carbocycles. The summed E-state index contributed by atoms with van der Waals surface area (Å²) in [5, 5.41) is 20.3. The zero-order valence-corrected chi connectivity index (χ0v) is 30.5. The van der Waals surface area contributed by atoms with Gasteiger partial charge in [-0.05, 0) is 57.0 Å². The molecule has 1 unspecified atom stereocenters. The summed E-state index contributed by atoms with van der Waals surface area (Å²) >= 11 is 2.11. The van der Waals surface area contributed by atoms with Crippen molar-refractivity contribution in [1.29, 1.82) is 0 Å². The van der Waals surface area contributed by atoms with E-state index in [1.54, 1.807) is 0 Å². The van der Waals surface area contributed by atoms with Gasteiger partial charge in [0.25, 0.3) is 0 Å². The zero-order valence-electron chi connectivity index (χ0n) is 29.7. The molecular weight excluding hydrogens is 600 g/mol. The first-order valence-corrected chi connectivity index (χ1v) is 20.1. The van der Waals surface area contributed by atoms with Gasteiger partial charge < -0.3 is 20.4 Å². The Morgan fingerprint density at radius 2 is 1.04 bits per heavy atom. The van der Waals surface area contributed by atoms with Crippen LogP contribution < -0.4 is 5.32 Å². The lowest BCUT2D eigenvalue weighted by molar-refractivity contribution is -0.143. The third-order valence-electron chi connectivity index (χ3n) is 8.67. The second-order valence-corrected chi connectivity index (χ2v) is 14.1. The molecule has 0 aromatic heterocycles. The van der Waals surface area contributed by atoms with Gasteiger partial charge in [-0.1, -0.05) is 116 Å². The second-order valence-electron chi connectivity index (χ2n) is 12.9. The fourth-order valence-corrected chi connectivity index (χ4v) is 6.71. The van der Waals surface area contributed by atoms with Crippen molar-refractivity contribution in [3.63, 3.8) is 0 Å². The smallest absolute Gasteiger partial charge is 0.326 e. The molecule has 0 aromatic carbocycles. The summed E-state index contributed by atoms with van der Waals surface area (Å²) in [5.74, 6) is 0.252. The van der Waals surface area contributed by atoms with Gasteiger partial charge in [-0.15, -0.1) is 0 Å². The van der Waals surface area contributed by atoms with Crippen LogP contribution in [0.4, 0.5) is 0 Å². The Kier molecular flexibility index (Phi) is 31.9. The average Bonchev–Trinajstić information content (AvgIpc) is 3.03. The Morgan fingerprint density at radius 1 is 0.587 bits per heavy atom. The van der Waals surface area contributed by atoms with E-state index in [9.17, 15) is 19.2 Å². The van der Waals surface area contributed by atoms with Gasteiger partial charge in [-0.25, -0.2) is 4.79 Å². The lowest BCUT2D eigenvalue weighted by Gasteiger charge is -2.21. The van der Waals surface area contributed by atoms with Crippen LogP contribution in [0.2, 0.25) is 0 Å². The van der Waals surface area contributed by atoms with E-state index < -0.39 is 18.0 Å². The number of unbranched alkanes of at least 4 members (excludes halogenated alkanes) is 19. The maximum absolute atomic E-state index is 12.6. The minimum absolute atomic E-state index is 0.112. The van der Waals surface area contributed by atoms with E-state index in [1.165, 1.54) is 88.6 Å². The molecular formula is C37H70N2O6S. The van der Waals surface area contributed by atoms with Crippen molar-refractivity contribution in [2.75, 3.05) is 24.6 Å². The maximum Gasteiger partial charge on any atom is 0.326 e. The molecule has 0 bridgehead atoms. The molecule has 9 heteroatoms. The molecule has 3 N–H and O–H groups in total. The first-order valence-electron chi connectivity index (χ1n) is 18.9. The summed E-state index contributed by atoms with van der Waals surface area (Å²) in [6.45, 7) is 5.99. The molecule has 0 aliphatic heterocycles. The highest BCUT2D eigenvalue weighted by Gasteiger charge is 2.20. The summed E-state index contributed by atoms with van der Waals surface area (Å²) < 4.78 is 0. The van der Waals surface area contributed by atoms with Crippen molar-refractivity contribution in [2.45, 2.75) is 187 Å². The van der Waals surface area contributed by atoms with E-state index in [0.717, 1.165) is 70.9 Å². The van der Waals surface area contributed by atoms with Gasteiger partial charge in [0.05, 0.1) is 0 Å². The lowest BCUT2D eigenvalue weighted by Crippen LogP contribution is -2.41. The summed E-state index contributed by atoms with van der Waals surface area (Å²) in [5.41, 5.74) is 0. The normalized spacial score (nSPS) is 11.8. The predicted molar refractivity (Wildman–Crippen MR) is 192 cm³/mol. The van der Waals surface area contributed by atoms with E-state index in [2.05, 4.69) is 30.9 Å². The molecule has 0 spiro atoms. The number of nitrogens with zero attached hydrogens (tertiary/aromatic N) is 1. The zero-order chi connectivity index (χ0) is 34.1. The van der Waals surface area contributed by atoms with Crippen LogP contribution in [-0.4, -0.2) is 69.5 Å². The third-order valence-corrected chi connectivity index (χ3v) is 9.82. The number of carbonyl (C=O) groups is 4. The van der Waals surface area contributed by atoms with E-state index in [-0.39, 0.29) is 25.2 Å². The Balaban J connectivity index is 3.59. The van der Waals surface area contributed by atoms with E-state index in [1.807, 2.05) is 4.90 Å². The summed E-state index contributed by atoms with van der Waals surface area (Å²) in [7, 11) is 0. The maximum atomic E-state index is 12.6. The summed E-state index contributed by atoms with van der Waals surface area (Å²) in [6, 6.07) is -1.15. The predicted octanol–water partition coefficient (Wildman–Crippen LogP) is 9.38. The molecule has 0 aliphatic carbocycles. The van der Waals surface area contributed by atoms with Crippen molar-refractivity contribution in [3.8, 4) is 0 Å². The molecule has 46 heavy (non-hydrogen) atoms. The average molecular weight is 671 g/mol. The van der Waals surface area contributed by atoms with Gasteiger partial charge in [0.1, 0.15) is 6.04 Å². The third kappa shape index (κ3) is 29.6. The molecule has 270 valence electrons. The van der Waals surface area contributed by atoms with E-state index in [4.69, 9.17) is 10.2 Å². The number of hydrogen-bond acceptors (Lipinski definition) is 5. The molecule has 0 aliphatic rings. The van der Waals surface area contributed by atoms with E-state index in [0.29, 0.717) is 18.7 Å². The molecule has 0 saturated heterocycles. The quantitative estimate of drug-likeness (QED) is 0.0574. The Labute approximate surface area is 286 Å². The van der Waals surface area contributed by atoms with Gasteiger partial charge in [0, 0.05) is 32.4 Å². The lowest BCUT2D eigenvalue weighted by atomic mass is 10.1. The van der Waals surface area contributed by atoms with Crippen LogP contribution in [0.1, 0.15) is 181 Å². The highest BCUT2D eigenvalue weighted by molar-refractivity contribution is 7.99. The number of amides is 2. The van der Waals surface area contributed by atoms with E-state index >= 15 is 0 Å². The monoisotopic (exact) mass is 670 g/mol. The highest BCUT2D eigenvalue weighted by Crippen LogP contribution is 2.15. The van der Waals surface area contributed by atoms with Crippen molar-refractivity contribution in [3.05, 3.63) is 0 Å². The number of carboxylic acids is 2. The molecule has 0 radical (unpaired) electrons. The molecule has 2 amide bonds. The number of carbonyl (C=O) groups excluding carboxylic acids is 2. The number of nitrogens with one attached hydrogen (secondary N) is 1. The van der Waals surface area contributed by atoms with Crippen LogP contribution >= 0.6 is 11.8 Å². The fraction of sp³-hybridized carbons (Fsp3) is 0.892. The molecule has 0 fully saturated rings. The van der Waals surface area contributed by atoms with Crippen LogP contribution in [0.15, 0.2) is 0 Å². The van der Waals surface area contributed by atoms with Crippen LogP contribution in [0.3, 0.4) is 0 Å². The number of carboxylic acid groups (broad SMARTS) is 2. The van der Waals surface area contributed by atoms with Crippen LogP contribution in [0, 0.1) is 0 Å². The molecule has 0 rings (SSSR count). The van der Waals surface area contributed by atoms with Gasteiger partial charge in [-0.2, -0.15) is 11.8 Å². The minimum atomic E-state index is -1.20. The van der Waals surface area contributed by atoms with Crippen LogP contribution in [0.5, 0.6) is 0 Å². The molecule has 1 atom stereocenters. The Hall–Kier alpha value is -1.77. The molecule has 0 heterocycles. The van der Waals surface area contributed by atoms with Crippen LogP contribution in [0.25, 0.3) is 0 Å². The largest absolute Gasteiger partial charge is 0.481 e. The Morgan fingerprint density at radius 3 is 1.52 bits per heavy atom. The first-order chi connectivity index (χ1) is 22.3. The Bertz CT molecular complexity index is 766. The van der Waals surface area contributed by atoms with Crippen LogP contribution in [-0.2, 0) is 19.2 Å². The fourth-order valence-electron chi connectivity index (χ4n) is 5.69. The molecule has 0 aromatic rings. The van der Waals surface area contributed by atoms with Gasteiger partial charge in [0.15, 0.2) is 0 Å². The number of rotatable bonds is 35. The minimum Gasteiger partial charge on any atom is -0.481 e. The van der Waals surface area contributed by atoms with Crippen molar-refractivity contribution < 1.29 is 29.4 Å². The number of hydrogen-bond donors (Lipinski definition) is 3. The van der Waals surface area contributed by atoms with Crippen molar-refractivity contribution in [1.82, 2.24) is 10.2 Å². The standard InChI is InChI=1S/C37H70N2O6S/c1-3-5-6-7-8-9-12-15-19-24-31-46-32-25-20-17-22-27-35(41)39(4-2)30-23-18-14-11-10-13-16-21-26-34(40)38-33(37(44)45)28-29-36(42)43/h33H,3-32H2,1-2H3,(H,38,40)(H,42,43)(H,44,45). The van der Waals surface area contributed by atoms with Crippen molar-refractivity contribution in [2.24, 2.45) is 0 Å². The SMILES string of the molecule is CCCCCCCCCCCCSCCCCCCC(=O)N(CC)CCCCCCCCCCC(=O)NC(CCC(=O)O)C(=O)O. The number of aliphatic carboxylic acids is 2. The first kappa shape index (κ1) is 44.2. The highest BCUT2D eigenvalue weighted by atomic mass is 32.2. The molecule has 8 nitrogen and oxygen atoms in total. The number of thioether (sulfide) groups is 1.